The maximum atomic E-state index is 12.6. The fourth-order valence-electron chi connectivity index (χ4n) is 3.20. The van der Waals surface area contributed by atoms with Crippen molar-refractivity contribution in [3.05, 3.63) is 64.5 Å². The van der Waals surface area contributed by atoms with Crippen LogP contribution in [0.2, 0.25) is 0 Å². The van der Waals surface area contributed by atoms with E-state index in [4.69, 9.17) is 23.5 Å². The first-order chi connectivity index (χ1) is 16.7. The molecule has 2 amide bonds. The molecule has 35 heavy (non-hydrogen) atoms. The molecule has 0 atom stereocenters. The van der Waals surface area contributed by atoms with Gasteiger partial charge in [-0.1, -0.05) is 5.16 Å². The Morgan fingerprint density at radius 2 is 1.43 bits per heavy atom. The second-order valence-corrected chi connectivity index (χ2v) is 7.90. The average molecular weight is 484 g/mol. The monoisotopic (exact) mass is 483 g/mol. The van der Waals surface area contributed by atoms with Crippen LogP contribution in [0, 0.1) is 13.8 Å². The second-order valence-electron chi connectivity index (χ2n) is 7.90. The van der Waals surface area contributed by atoms with Gasteiger partial charge in [0.15, 0.2) is 23.0 Å². The molecule has 0 spiro atoms. The largest absolute Gasteiger partial charge is 0.493 e. The first-order valence-electron chi connectivity index (χ1n) is 10.9. The van der Waals surface area contributed by atoms with Gasteiger partial charge in [0.1, 0.15) is 12.4 Å². The van der Waals surface area contributed by atoms with Crippen LogP contribution < -0.4 is 29.8 Å². The number of nitrogens with zero attached hydrogens (tertiary/aromatic N) is 1. The van der Waals surface area contributed by atoms with Crippen molar-refractivity contribution in [3.63, 3.8) is 0 Å². The van der Waals surface area contributed by atoms with Gasteiger partial charge in [-0.15, -0.1) is 0 Å². The highest BCUT2D eigenvalue weighted by Crippen LogP contribution is 2.30. The number of carbonyl (C=O) groups is 2. The van der Waals surface area contributed by atoms with E-state index in [0.717, 1.165) is 11.3 Å². The Bertz CT molecular complexity index is 1180. The number of hydrogen-bond donors (Lipinski definition) is 2. The molecule has 3 aromatic rings. The highest BCUT2D eigenvalue weighted by Gasteiger charge is 2.16. The maximum Gasteiger partial charge on any atom is 0.269 e. The van der Waals surface area contributed by atoms with E-state index in [1.807, 2.05) is 27.7 Å². The number of methoxy groups -OCH3 is 2. The number of hydrazine groups is 1. The van der Waals surface area contributed by atoms with Crippen molar-refractivity contribution in [1.29, 1.82) is 0 Å². The summed E-state index contributed by atoms with van der Waals surface area (Å²) in [5, 5.41) is 3.90. The first-order valence-corrected chi connectivity index (χ1v) is 10.9. The molecule has 0 aliphatic rings. The fourth-order valence-corrected chi connectivity index (χ4v) is 3.20. The van der Waals surface area contributed by atoms with E-state index in [2.05, 4.69) is 16.0 Å². The minimum atomic E-state index is -0.527. The Labute approximate surface area is 203 Å². The van der Waals surface area contributed by atoms with Crippen LogP contribution in [0.3, 0.4) is 0 Å². The first kappa shape index (κ1) is 25.4. The standard InChI is InChI=1S/C25H29N3O7/c1-14(2)34-21-10-8-18(12-23(21)32-6)25(30)27-26-24(29)17-7-9-20(22(11-17)31-5)33-13-19-15(3)28-35-16(19)4/h7-12,14H,13H2,1-6H3,(H,26,29)(H,27,30). The number of nitrogens with one attached hydrogen (secondary N) is 2. The zero-order valence-corrected chi connectivity index (χ0v) is 20.6. The molecular formula is C25H29N3O7. The lowest BCUT2D eigenvalue weighted by molar-refractivity contribution is 0.0846. The molecule has 10 nitrogen and oxygen atoms in total. The molecule has 2 aromatic carbocycles. The summed E-state index contributed by atoms with van der Waals surface area (Å²) >= 11 is 0. The third kappa shape index (κ3) is 6.23. The molecule has 1 heterocycles. The molecule has 1 aromatic heterocycles. The topological polar surface area (TPSA) is 121 Å². The van der Waals surface area contributed by atoms with Crippen LogP contribution in [-0.2, 0) is 6.61 Å². The number of benzene rings is 2. The van der Waals surface area contributed by atoms with Crippen LogP contribution in [0.4, 0.5) is 0 Å². The molecule has 0 saturated carbocycles. The maximum absolute atomic E-state index is 12.6. The number of ether oxygens (including phenoxy) is 4. The van der Waals surface area contributed by atoms with Crippen LogP contribution in [0.25, 0.3) is 0 Å². The lowest BCUT2D eigenvalue weighted by atomic mass is 10.2. The lowest BCUT2D eigenvalue weighted by Gasteiger charge is -2.15. The zero-order valence-electron chi connectivity index (χ0n) is 20.6. The van der Waals surface area contributed by atoms with Gasteiger partial charge < -0.3 is 23.5 Å². The lowest BCUT2D eigenvalue weighted by Crippen LogP contribution is -2.41. The van der Waals surface area contributed by atoms with E-state index >= 15 is 0 Å². The Morgan fingerprint density at radius 1 is 0.886 bits per heavy atom. The normalized spacial score (nSPS) is 10.6. The van der Waals surface area contributed by atoms with E-state index in [0.29, 0.717) is 34.3 Å². The predicted molar refractivity (Wildman–Crippen MR) is 127 cm³/mol. The molecule has 0 fully saturated rings. The zero-order chi connectivity index (χ0) is 25.5. The summed E-state index contributed by atoms with van der Waals surface area (Å²) in [6, 6.07) is 9.45. The summed E-state index contributed by atoms with van der Waals surface area (Å²) < 4.78 is 27.3. The number of rotatable bonds is 9. The van der Waals surface area contributed by atoms with E-state index in [-0.39, 0.29) is 18.3 Å². The van der Waals surface area contributed by atoms with Crippen LogP contribution in [0.15, 0.2) is 40.9 Å². The summed E-state index contributed by atoms with van der Waals surface area (Å²) in [4.78, 5) is 25.1. The van der Waals surface area contributed by atoms with Crippen LogP contribution in [0.1, 0.15) is 51.6 Å². The molecule has 0 radical (unpaired) electrons. The Balaban J connectivity index is 1.64. The predicted octanol–water partition coefficient (Wildman–Crippen LogP) is 3.75. The van der Waals surface area contributed by atoms with Crippen LogP contribution in [-0.4, -0.2) is 37.3 Å². The summed E-state index contributed by atoms with van der Waals surface area (Å²) in [6.45, 7) is 7.66. The van der Waals surface area contributed by atoms with Crippen molar-refractivity contribution < 1.29 is 33.1 Å². The molecule has 0 aliphatic carbocycles. The number of amides is 2. The van der Waals surface area contributed by atoms with Crippen LogP contribution in [0.5, 0.6) is 23.0 Å². The third-order valence-electron chi connectivity index (χ3n) is 5.06. The average Bonchev–Trinajstić information content (AvgIpc) is 3.17. The van der Waals surface area contributed by atoms with Crippen molar-refractivity contribution in [2.45, 2.75) is 40.4 Å². The van der Waals surface area contributed by atoms with Crippen molar-refractivity contribution in [2.75, 3.05) is 14.2 Å². The summed E-state index contributed by atoms with van der Waals surface area (Å²) in [5.41, 5.74) is 6.93. The van der Waals surface area contributed by atoms with Gasteiger partial charge in [-0.2, -0.15) is 0 Å². The number of aryl methyl sites for hydroxylation is 2. The summed E-state index contributed by atoms with van der Waals surface area (Å²) in [6.07, 6.45) is -0.0486. The van der Waals surface area contributed by atoms with Gasteiger partial charge in [0.2, 0.25) is 0 Å². The number of aromatic nitrogens is 1. The van der Waals surface area contributed by atoms with E-state index < -0.39 is 11.8 Å². The quantitative estimate of drug-likeness (QED) is 0.442. The minimum Gasteiger partial charge on any atom is -0.493 e. The fraction of sp³-hybridized carbons (Fsp3) is 0.320. The Kier molecular flexibility index (Phi) is 8.19. The molecule has 0 unspecified atom stereocenters. The van der Waals surface area contributed by atoms with E-state index in [9.17, 15) is 9.59 Å². The smallest absolute Gasteiger partial charge is 0.269 e. The van der Waals surface area contributed by atoms with Gasteiger partial charge in [0.25, 0.3) is 11.8 Å². The molecule has 186 valence electrons. The van der Waals surface area contributed by atoms with Gasteiger partial charge in [0.05, 0.1) is 31.6 Å². The Morgan fingerprint density at radius 3 is 1.91 bits per heavy atom. The van der Waals surface area contributed by atoms with Crippen molar-refractivity contribution in [2.24, 2.45) is 0 Å². The summed E-state index contributed by atoms with van der Waals surface area (Å²) in [7, 11) is 2.96. The molecule has 10 heteroatoms. The summed E-state index contributed by atoms with van der Waals surface area (Å²) in [5.74, 6) is 1.37. The van der Waals surface area contributed by atoms with Gasteiger partial charge >= 0.3 is 0 Å². The van der Waals surface area contributed by atoms with Gasteiger partial charge in [-0.3, -0.25) is 20.4 Å². The van der Waals surface area contributed by atoms with Gasteiger partial charge in [-0.05, 0) is 64.1 Å². The highest BCUT2D eigenvalue weighted by molar-refractivity contribution is 5.99. The molecule has 0 saturated heterocycles. The number of carbonyl (C=O) groups excluding carboxylic acids is 2. The Hall–Kier alpha value is -4.21. The minimum absolute atomic E-state index is 0.0486. The van der Waals surface area contributed by atoms with Gasteiger partial charge in [0, 0.05) is 11.1 Å². The molecule has 0 bridgehead atoms. The van der Waals surface area contributed by atoms with Crippen molar-refractivity contribution in [1.82, 2.24) is 16.0 Å². The third-order valence-corrected chi connectivity index (χ3v) is 5.06. The van der Waals surface area contributed by atoms with E-state index in [1.165, 1.54) is 26.4 Å². The second kappa shape index (κ2) is 11.3. The molecule has 3 rings (SSSR count). The molecule has 2 N–H and O–H groups in total. The van der Waals surface area contributed by atoms with Crippen molar-refractivity contribution >= 4 is 11.8 Å². The number of hydrogen-bond acceptors (Lipinski definition) is 8. The molecular weight excluding hydrogens is 454 g/mol. The van der Waals surface area contributed by atoms with Gasteiger partial charge in [-0.25, -0.2) is 0 Å². The molecule has 0 aliphatic heterocycles. The highest BCUT2D eigenvalue weighted by atomic mass is 16.5. The van der Waals surface area contributed by atoms with Crippen LogP contribution >= 0.6 is 0 Å². The SMILES string of the molecule is COc1cc(C(=O)NNC(=O)c2ccc(OC(C)C)c(OC)c2)ccc1OCc1c(C)noc1C. The van der Waals surface area contributed by atoms with E-state index in [1.54, 1.807) is 24.3 Å². The van der Waals surface area contributed by atoms with Crippen molar-refractivity contribution in [3.8, 4) is 23.0 Å².